The zero-order valence-electron chi connectivity index (χ0n) is 5.67. The molecule has 0 aromatic rings. The predicted molar refractivity (Wildman–Crippen MR) is 39.5 cm³/mol. The highest BCUT2D eigenvalue weighted by atomic mass is 31.1. The maximum atomic E-state index is 8.63. The first-order valence-electron chi connectivity index (χ1n) is 3.10. The minimum Gasteiger partial charge on any atom is -0.395 e. The summed E-state index contributed by atoms with van der Waals surface area (Å²) in [4.78, 5) is 8.63. The molecule has 0 aromatic heterocycles. The van der Waals surface area contributed by atoms with Crippen LogP contribution < -0.4 is 0 Å². The molecule has 2 N–H and O–H groups in total. The molecule has 0 heterocycles. The average Bonchev–Trinajstić information content (AvgIpc) is 1.88. The van der Waals surface area contributed by atoms with Crippen molar-refractivity contribution >= 4 is 8.96 Å². The Morgan fingerprint density at radius 3 is 2.44 bits per heavy atom. The van der Waals surface area contributed by atoms with Gasteiger partial charge in [0, 0.05) is 13.1 Å². The van der Waals surface area contributed by atoms with E-state index in [2.05, 4.69) is 0 Å². The van der Waals surface area contributed by atoms with E-state index >= 15 is 0 Å². The molecular weight excluding hydrogens is 137 g/mol. The van der Waals surface area contributed by atoms with Gasteiger partial charge in [-0.05, 0) is 6.42 Å². The molecule has 4 heteroatoms. The Hall–Kier alpha value is 0.310. The van der Waals surface area contributed by atoms with Crippen molar-refractivity contribution < 1.29 is 10.00 Å². The minimum absolute atomic E-state index is 0.133. The fourth-order valence-corrected chi connectivity index (χ4v) is 1.13. The molecule has 1 atom stereocenters. The van der Waals surface area contributed by atoms with Crippen LogP contribution in [0.15, 0.2) is 0 Å². The lowest BCUT2D eigenvalue weighted by Gasteiger charge is -2.15. The van der Waals surface area contributed by atoms with Gasteiger partial charge in [-0.2, -0.15) is 0 Å². The van der Waals surface area contributed by atoms with E-state index in [-0.39, 0.29) is 15.6 Å². The van der Waals surface area contributed by atoms with E-state index in [4.69, 9.17) is 10.00 Å². The first-order valence-corrected chi connectivity index (χ1v) is 4.00. The molecule has 1 unspecified atom stereocenters. The number of aliphatic hydroxyl groups is 1. The zero-order chi connectivity index (χ0) is 7.11. The zero-order valence-corrected chi connectivity index (χ0v) is 6.67. The second-order valence-corrected chi connectivity index (χ2v) is 2.64. The third-order valence-corrected chi connectivity index (χ3v) is 1.73. The second-order valence-electron chi connectivity index (χ2n) is 1.81. The summed E-state index contributed by atoms with van der Waals surface area (Å²) >= 11 is 0. The summed E-state index contributed by atoms with van der Waals surface area (Å²) in [5.74, 6) is 0. The normalized spacial score (nSPS) is 12.0. The van der Waals surface area contributed by atoms with Gasteiger partial charge in [-0.25, -0.2) is 0 Å². The molecule has 9 heavy (non-hydrogen) atoms. The van der Waals surface area contributed by atoms with Crippen LogP contribution in [0.4, 0.5) is 0 Å². The SMILES string of the molecule is CCCN(CCO)PO. The van der Waals surface area contributed by atoms with Crippen LogP contribution in [0.5, 0.6) is 0 Å². The van der Waals surface area contributed by atoms with Crippen molar-refractivity contribution in [2.75, 3.05) is 19.7 Å². The Bertz CT molecular complexity index is 56.9. The van der Waals surface area contributed by atoms with Gasteiger partial charge in [-0.3, -0.25) is 4.67 Å². The lowest BCUT2D eigenvalue weighted by atomic mass is 10.5. The van der Waals surface area contributed by atoms with Crippen LogP contribution in [0.2, 0.25) is 0 Å². The Kier molecular flexibility index (Phi) is 6.65. The molecule has 0 fully saturated rings. The number of nitrogens with zero attached hydrogens (tertiary/aromatic N) is 1. The van der Waals surface area contributed by atoms with Crippen LogP contribution in [0.25, 0.3) is 0 Å². The van der Waals surface area contributed by atoms with Crippen molar-refractivity contribution in [1.29, 1.82) is 0 Å². The summed E-state index contributed by atoms with van der Waals surface area (Å²) in [5, 5.41) is 8.45. The predicted octanol–water partition coefficient (Wildman–Crippen LogP) is 0.192. The number of hydrogen-bond donors (Lipinski definition) is 2. The molecular formula is C5H14NO2P. The smallest absolute Gasteiger partial charge is 0.0853 e. The van der Waals surface area contributed by atoms with Crippen molar-refractivity contribution in [2.45, 2.75) is 13.3 Å². The fourth-order valence-electron chi connectivity index (χ4n) is 0.602. The van der Waals surface area contributed by atoms with Crippen LogP contribution in [0.3, 0.4) is 0 Å². The topological polar surface area (TPSA) is 43.7 Å². The van der Waals surface area contributed by atoms with Crippen molar-refractivity contribution in [1.82, 2.24) is 4.67 Å². The van der Waals surface area contributed by atoms with Gasteiger partial charge in [0.05, 0.1) is 15.6 Å². The second kappa shape index (κ2) is 6.43. The standard InChI is InChI=1S/C5H14NO2P/c1-2-3-6(9-8)4-5-7/h7-9H,2-5H2,1H3. The van der Waals surface area contributed by atoms with Crippen LogP contribution in [0.1, 0.15) is 13.3 Å². The molecule has 0 aliphatic rings. The molecule has 3 nitrogen and oxygen atoms in total. The lowest BCUT2D eigenvalue weighted by molar-refractivity contribution is 0.255. The van der Waals surface area contributed by atoms with Gasteiger partial charge in [-0.15, -0.1) is 0 Å². The quantitative estimate of drug-likeness (QED) is 0.551. The molecule has 0 radical (unpaired) electrons. The molecule has 0 rings (SSSR count). The molecule has 56 valence electrons. The molecule has 0 saturated carbocycles. The molecule has 0 saturated heterocycles. The van der Waals surface area contributed by atoms with Gasteiger partial charge in [0.15, 0.2) is 0 Å². The molecule has 0 aromatic carbocycles. The monoisotopic (exact) mass is 151 g/mol. The van der Waals surface area contributed by atoms with Gasteiger partial charge >= 0.3 is 0 Å². The fraction of sp³-hybridized carbons (Fsp3) is 1.00. The van der Waals surface area contributed by atoms with Crippen LogP contribution in [0, 0.1) is 0 Å². The molecule has 0 amide bonds. The minimum atomic E-state index is -0.164. The molecule has 0 aliphatic heterocycles. The summed E-state index contributed by atoms with van der Waals surface area (Å²) in [6, 6.07) is 0. The van der Waals surface area contributed by atoms with Gasteiger partial charge in [0.25, 0.3) is 0 Å². The van der Waals surface area contributed by atoms with Crippen molar-refractivity contribution in [3.63, 3.8) is 0 Å². The van der Waals surface area contributed by atoms with Crippen molar-refractivity contribution in [2.24, 2.45) is 0 Å². The van der Waals surface area contributed by atoms with E-state index in [9.17, 15) is 0 Å². The van der Waals surface area contributed by atoms with Gasteiger partial charge in [0.2, 0.25) is 0 Å². The summed E-state index contributed by atoms with van der Waals surface area (Å²) in [7, 11) is -0.164. The number of aliphatic hydroxyl groups excluding tert-OH is 1. The summed E-state index contributed by atoms with van der Waals surface area (Å²) in [6.07, 6.45) is 1.02. The van der Waals surface area contributed by atoms with Crippen LogP contribution >= 0.6 is 8.96 Å². The van der Waals surface area contributed by atoms with E-state index in [0.717, 1.165) is 13.0 Å². The highest BCUT2D eigenvalue weighted by molar-refractivity contribution is 7.28. The van der Waals surface area contributed by atoms with Crippen molar-refractivity contribution in [3.8, 4) is 0 Å². The maximum absolute atomic E-state index is 8.63. The first-order chi connectivity index (χ1) is 4.35. The maximum Gasteiger partial charge on any atom is 0.0853 e. The van der Waals surface area contributed by atoms with E-state index < -0.39 is 0 Å². The lowest BCUT2D eigenvalue weighted by Crippen LogP contribution is -2.18. The van der Waals surface area contributed by atoms with Crippen LogP contribution in [-0.4, -0.2) is 34.4 Å². The largest absolute Gasteiger partial charge is 0.395 e. The number of hydrogen-bond acceptors (Lipinski definition) is 3. The van der Waals surface area contributed by atoms with E-state index in [1.165, 1.54) is 0 Å². The van der Waals surface area contributed by atoms with Crippen LogP contribution in [-0.2, 0) is 0 Å². The van der Waals surface area contributed by atoms with Gasteiger partial charge in [-0.1, -0.05) is 6.92 Å². The molecule has 0 aliphatic carbocycles. The van der Waals surface area contributed by atoms with Gasteiger partial charge < -0.3 is 10.00 Å². The Morgan fingerprint density at radius 1 is 1.44 bits per heavy atom. The number of rotatable bonds is 5. The third-order valence-electron chi connectivity index (χ3n) is 1.00. The summed E-state index contributed by atoms with van der Waals surface area (Å²) in [5.41, 5.74) is 0. The Labute approximate surface area is 57.6 Å². The molecule has 0 bridgehead atoms. The van der Waals surface area contributed by atoms with Crippen molar-refractivity contribution in [3.05, 3.63) is 0 Å². The van der Waals surface area contributed by atoms with Gasteiger partial charge in [0.1, 0.15) is 0 Å². The summed E-state index contributed by atoms with van der Waals surface area (Å²) < 4.78 is 1.82. The third kappa shape index (κ3) is 4.79. The van der Waals surface area contributed by atoms with E-state index in [0.29, 0.717) is 6.54 Å². The highest BCUT2D eigenvalue weighted by Crippen LogP contribution is 2.10. The van der Waals surface area contributed by atoms with E-state index in [1.807, 2.05) is 11.6 Å². The average molecular weight is 151 g/mol. The van der Waals surface area contributed by atoms with E-state index in [1.54, 1.807) is 0 Å². The Balaban J connectivity index is 3.18. The Morgan fingerprint density at radius 2 is 2.11 bits per heavy atom. The highest BCUT2D eigenvalue weighted by Gasteiger charge is 1.98. The summed E-state index contributed by atoms with van der Waals surface area (Å²) in [6.45, 7) is 3.64. The molecule has 0 spiro atoms. The first kappa shape index (κ1) is 9.31.